The fourth-order valence-electron chi connectivity index (χ4n) is 4.76. The summed E-state index contributed by atoms with van der Waals surface area (Å²) in [6, 6.07) is 9.01. The van der Waals surface area contributed by atoms with E-state index in [4.69, 9.17) is 4.98 Å². The number of hydrogen-bond acceptors (Lipinski definition) is 6. The van der Waals surface area contributed by atoms with Crippen LogP contribution in [0.15, 0.2) is 41.3 Å². The van der Waals surface area contributed by atoms with Crippen LogP contribution in [0.1, 0.15) is 37.8 Å². The number of carbonyl (C=O) groups is 1. The summed E-state index contributed by atoms with van der Waals surface area (Å²) in [6.45, 7) is 11.9. The van der Waals surface area contributed by atoms with Crippen LogP contribution in [0.25, 0.3) is 10.2 Å². The molecule has 1 aromatic heterocycles. The zero-order valence-corrected chi connectivity index (χ0v) is 23.5. The van der Waals surface area contributed by atoms with Gasteiger partial charge in [-0.15, -0.1) is 0 Å². The van der Waals surface area contributed by atoms with Crippen LogP contribution in [0.2, 0.25) is 0 Å². The van der Waals surface area contributed by atoms with Crippen LogP contribution >= 0.6 is 11.3 Å². The minimum atomic E-state index is -3.73. The molecule has 0 radical (unpaired) electrons. The van der Waals surface area contributed by atoms with Crippen molar-refractivity contribution < 1.29 is 17.6 Å². The van der Waals surface area contributed by atoms with Crippen LogP contribution in [-0.2, 0) is 14.8 Å². The number of likely N-dealkylation sites (N-methyl/N-ethyl adjacent to an activating group) is 1. The second-order valence-corrected chi connectivity index (χ2v) is 12.4. The van der Waals surface area contributed by atoms with E-state index in [0.29, 0.717) is 24.5 Å². The van der Waals surface area contributed by atoms with E-state index in [9.17, 15) is 17.6 Å². The van der Waals surface area contributed by atoms with Gasteiger partial charge in [-0.25, -0.2) is 17.8 Å². The molecule has 1 saturated heterocycles. The number of thiazole rings is 1. The van der Waals surface area contributed by atoms with Crippen molar-refractivity contribution in [2.75, 3.05) is 44.2 Å². The van der Waals surface area contributed by atoms with Crippen LogP contribution in [0.3, 0.4) is 0 Å². The Morgan fingerprint density at radius 3 is 2.24 bits per heavy atom. The molecule has 37 heavy (non-hydrogen) atoms. The van der Waals surface area contributed by atoms with Crippen molar-refractivity contribution >= 4 is 42.6 Å². The number of fused-ring (bicyclic) bond motifs is 1. The third-order valence-corrected chi connectivity index (χ3v) is 10.3. The highest BCUT2D eigenvalue weighted by molar-refractivity contribution is 7.89. The van der Waals surface area contributed by atoms with Gasteiger partial charge in [0, 0.05) is 32.1 Å². The molecule has 1 fully saturated rings. The summed E-state index contributed by atoms with van der Waals surface area (Å²) in [5.41, 5.74) is 3.15. The lowest BCUT2D eigenvalue weighted by Gasteiger charge is -2.33. The van der Waals surface area contributed by atoms with Crippen LogP contribution in [-0.4, -0.2) is 67.8 Å². The van der Waals surface area contributed by atoms with E-state index in [1.807, 2.05) is 11.8 Å². The van der Waals surface area contributed by atoms with Gasteiger partial charge in [-0.1, -0.05) is 37.3 Å². The highest BCUT2D eigenvalue weighted by Gasteiger charge is 2.35. The van der Waals surface area contributed by atoms with Gasteiger partial charge in [0.2, 0.25) is 15.9 Å². The molecule has 2 heterocycles. The predicted molar refractivity (Wildman–Crippen MR) is 147 cm³/mol. The quantitative estimate of drug-likeness (QED) is 0.385. The van der Waals surface area contributed by atoms with Crippen LogP contribution in [0, 0.1) is 25.6 Å². The first-order valence-corrected chi connectivity index (χ1v) is 15.1. The summed E-state index contributed by atoms with van der Waals surface area (Å²) >= 11 is 1.55. The topological polar surface area (TPSA) is 73.8 Å². The predicted octanol–water partition coefficient (Wildman–Crippen LogP) is 4.83. The monoisotopic (exact) mass is 546 g/mol. The fourth-order valence-corrected chi connectivity index (χ4v) is 7.38. The molecule has 0 atom stereocenters. The van der Waals surface area contributed by atoms with Crippen molar-refractivity contribution in [2.24, 2.45) is 5.92 Å². The third-order valence-electron chi connectivity index (χ3n) is 7.22. The number of anilines is 1. The van der Waals surface area contributed by atoms with Gasteiger partial charge in [0.25, 0.3) is 0 Å². The lowest BCUT2D eigenvalue weighted by atomic mass is 9.96. The molecule has 0 N–H and O–H groups in total. The summed E-state index contributed by atoms with van der Waals surface area (Å²) in [5, 5.41) is 0.700. The average Bonchev–Trinajstić information content (AvgIpc) is 3.35. The molecule has 1 aliphatic rings. The second-order valence-electron chi connectivity index (χ2n) is 9.52. The SMILES string of the molecule is CCN(CC)CCN(C(=O)C1CCN(S(=O)(=O)c2ccc(F)cc2)CC1)c1nc2c(C)ccc(C)c2s1. The van der Waals surface area contributed by atoms with Crippen LogP contribution in [0.5, 0.6) is 0 Å². The van der Waals surface area contributed by atoms with Crippen molar-refractivity contribution in [1.82, 2.24) is 14.2 Å². The average molecular weight is 547 g/mol. The van der Waals surface area contributed by atoms with Crippen molar-refractivity contribution in [2.45, 2.75) is 45.4 Å². The number of sulfonamides is 1. The maximum absolute atomic E-state index is 13.9. The van der Waals surface area contributed by atoms with Gasteiger partial charge < -0.3 is 4.90 Å². The number of benzene rings is 2. The van der Waals surface area contributed by atoms with Gasteiger partial charge in [0.05, 0.1) is 15.1 Å². The lowest BCUT2D eigenvalue weighted by molar-refractivity contribution is -0.123. The highest BCUT2D eigenvalue weighted by atomic mass is 32.2. The molecule has 1 aliphatic heterocycles. The van der Waals surface area contributed by atoms with Gasteiger partial charge in [0.15, 0.2) is 5.13 Å². The Morgan fingerprint density at radius 1 is 1.03 bits per heavy atom. The van der Waals surface area contributed by atoms with E-state index in [-0.39, 0.29) is 29.8 Å². The maximum Gasteiger partial charge on any atom is 0.243 e. The highest BCUT2D eigenvalue weighted by Crippen LogP contribution is 2.35. The number of amides is 1. The smallest absolute Gasteiger partial charge is 0.243 e. The van der Waals surface area contributed by atoms with E-state index in [0.717, 1.165) is 53.1 Å². The molecule has 200 valence electrons. The molecule has 7 nitrogen and oxygen atoms in total. The number of nitrogens with zero attached hydrogens (tertiary/aromatic N) is 4. The largest absolute Gasteiger partial charge is 0.302 e. The first-order chi connectivity index (χ1) is 17.6. The Balaban J connectivity index is 1.54. The standard InChI is InChI=1S/C27H35FN4O3S2/c1-5-30(6-2)17-18-32(27-29-24-19(3)7-8-20(4)25(24)36-27)26(33)21-13-15-31(16-14-21)37(34,35)23-11-9-22(28)10-12-23/h7-12,21H,5-6,13-18H2,1-4H3. The Bertz CT molecular complexity index is 1310. The molecule has 3 aromatic rings. The first-order valence-electron chi connectivity index (χ1n) is 12.8. The van der Waals surface area contributed by atoms with Crippen LogP contribution in [0.4, 0.5) is 9.52 Å². The number of halogens is 1. The molecule has 1 amide bonds. The van der Waals surface area contributed by atoms with E-state index in [2.05, 4.69) is 37.8 Å². The Labute approximate surface area is 223 Å². The van der Waals surface area contributed by atoms with Gasteiger partial charge in [-0.3, -0.25) is 9.69 Å². The minimum Gasteiger partial charge on any atom is -0.302 e. The third kappa shape index (κ3) is 5.87. The van der Waals surface area contributed by atoms with Crippen molar-refractivity contribution in [3.8, 4) is 0 Å². The van der Waals surface area contributed by atoms with E-state index >= 15 is 0 Å². The maximum atomic E-state index is 13.9. The summed E-state index contributed by atoms with van der Waals surface area (Å²) in [7, 11) is -3.73. The molecule has 10 heteroatoms. The van der Waals surface area contributed by atoms with Gasteiger partial charge in [-0.2, -0.15) is 4.31 Å². The normalized spacial score (nSPS) is 15.5. The van der Waals surface area contributed by atoms with Gasteiger partial charge in [0.1, 0.15) is 5.82 Å². The van der Waals surface area contributed by atoms with E-state index in [1.165, 1.54) is 16.4 Å². The zero-order chi connectivity index (χ0) is 26.7. The molecule has 4 rings (SSSR count). The van der Waals surface area contributed by atoms with E-state index in [1.54, 1.807) is 11.3 Å². The minimum absolute atomic E-state index is 0.000323. The Kier molecular flexibility index (Phi) is 8.63. The van der Waals surface area contributed by atoms with Crippen molar-refractivity contribution in [1.29, 1.82) is 0 Å². The molecule has 0 bridgehead atoms. The van der Waals surface area contributed by atoms with E-state index < -0.39 is 15.8 Å². The molecule has 2 aromatic carbocycles. The summed E-state index contributed by atoms with van der Waals surface area (Å²) in [5.74, 6) is -0.765. The number of aromatic nitrogens is 1. The molecule has 0 unspecified atom stereocenters. The molecular formula is C27H35FN4O3S2. The van der Waals surface area contributed by atoms with Gasteiger partial charge in [-0.05, 0) is 75.2 Å². The molecular weight excluding hydrogens is 511 g/mol. The molecule has 0 spiro atoms. The molecule has 0 aliphatic carbocycles. The summed E-state index contributed by atoms with van der Waals surface area (Å²) in [6.07, 6.45) is 0.869. The number of rotatable bonds is 9. The number of hydrogen-bond donors (Lipinski definition) is 0. The Morgan fingerprint density at radius 2 is 1.65 bits per heavy atom. The number of piperidine rings is 1. The fraction of sp³-hybridized carbons (Fsp3) is 0.481. The second kappa shape index (κ2) is 11.6. The summed E-state index contributed by atoms with van der Waals surface area (Å²) in [4.78, 5) is 22.9. The van der Waals surface area contributed by atoms with Crippen molar-refractivity contribution in [3.63, 3.8) is 0 Å². The number of carbonyl (C=O) groups excluding carboxylic acids is 1. The van der Waals surface area contributed by atoms with Crippen molar-refractivity contribution in [3.05, 3.63) is 53.3 Å². The lowest BCUT2D eigenvalue weighted by Crippen LogP contribution is -2.46. The zero-order valence-electron chi connectivity index (χ0n) is 21.9. The van der Waals surface area contributed by atoms with Crippen LogP contribution < -0.4 is 4.90 Å². The first kappa shape index (κ1) is 27.6. The Hall–Kier alpha value is -2.40. The molecule has 0 saturated carbocycles. The number of aryl methyl sites for hydroxylation is 2. The summed E-state index contributed by atoms with van der Waals surface area (Å²) < 4.78 is 41.8. The van der Waals surface area contributed by atoms with Gasteiger partial charge >= 0.3 is 0 Å².